The van der Waals surface area contributed by atoms with Gasteiger partial charge in [0, 0.05) is 26.2 Å². The summed E-state index contributed by atoms with van der Waals surface area (Å²) < 4.78 is 16.3. The standard InChI is InChI=1S/C28H25N3O5/c1-29-24-22(27(33)30(2)28(29)34)23(17-8-11-18(35-3)12-9-17)31-14-15-36-26(25(24)31)21-19-7-5-4-6-16(19)10-13-20(21)32/h4-13,26,32H,14-15H2,1-3H3. The Hall–Kier alpha value is -4.30. The number of hydrogen-bond acceptors (Lipinski definition) is 5. The molecular weight excluding hydrogens is 458 g/mol. The second-order valence-electron chi connectivity index (χ2n) is 9.01. The van der Waals surface area contributed by atoms with E-state index in [1.165, 1.54) is 11.6 Å². The molecular formula is C28H25N3O5. The second kappa shape index (κ2) is 8.13. The third kappa shape index (κ3) is 3.04. The third-order valence-electron chi connectivity index (χ3n) is 7.13. The van der Waals surface area contributed by atoms with Crippen molar-refractivity contribution in [1.82, 2.24) is 13.7 Å². The zero-order valence-electron chi connectivity index (χ0n) is 20.2. The van der Waals surface area contributed by atoms with Gasteiger partial charge in [-0.05, 0) is 46.7 Å². The van der Waals surface area contributed by atoms with Gasteiger partial charge >= 0.3 is 5.69 Å². The molecule has 3 aromatic carbocycles. The predicted molar refractivity (Wildman–Crippen MR) is 138 cm³/mol. The molecule has 0 amide bonds. The van der Waals surface area contributed by atoms with E-state index in [1.807, 2.05) is 54.6 Å². The van der Waals surface area contributed by atoms with E-state index in [-0.39, 0.29) is 11.3 Å². The minimum Gasteiger partial charge on any atom is -0.508 e. The normalized spacial score (nSPS) is 15.4. The fourth-order valence-corrected chi connectivity index (χ4v) is 5.41. The van der Waals surface area contributed by atoms with E-state index in [0.29, 0.717) is 46.8 Å². The highest BCUT2D eigenvalue weighted by atomic mass is 16.5. The van der Waals surface area contributed by atoms with Crippen LogP contribution in [0.2, 0.25) is 0 Å². The maximum atomic E-state index is 13.6. The van der Waals surface area contributed by atoms with Crippen LogP contribution in [-0.2, 0) is 25.4 Å². The minimum atomic E-state index is -0.683. The Labute approximate surface area is 206 Å². The molecule has 1 unspecified atom stereocenters. The van der Waals surface area contributed by atoms with Crippen LogP contribution in [0.5, 0.6) is 11.5 Å². The van der Waals surface area contributed by atoms with E-state index in [4.69, 9.17) is 9.47 Å². The molecule has 0 aliphatic carbocycles. The van der Waals surface area contributed by atoms with Crippen LogP contribution >= 0.6 is 0 Å². The number of ether oxygens (including phenoxy) is 2. The van der Waals surface area contributed by atoms with Gasteiger partial charge in [-0.2, -0.15) is 0 Å². The molecule has 1 aliphatic heterocycles. The Morgan fingerprint density at radius 2 is 1.72 bits per heavy atom. The first-order chi connectivity index (χ1) is 17.4. The van der Waals surface area contributed by atoms with E-state index in [0.717, 1.165) is 20.9 Å². The molecule has 0 fully saturated rings. The molecule has 3 heterocycles. The molecule has 2 aromatic heterocycles. The molecule has 0 bridgehead atoms. The van der Waals surface area contributed by atoms with Gasteiger partial charge in [0.15, 0.2) is 0 Å². The smallest absolute Gasteiger partial charge is 0.331 e. The maximum absolute atomic E-state index is 13.6. The van der Waals surface area contributed by atoms with Gasteiger partial charge in [0.2, 0.25) is 0 Å². The molecule has 5 aromatic rings. The van der Waals surface area contributed by atoms with Gasteiger partial charge in [-0.25, -0.2) is 4.79 Å². The summed E-state index contributed by atoms with van der Waals surface area (Å²) in [6, 6.07) is 18.8. The summed E-state index contributed by atoms with van der Waals surface area (Å²) in [6.45, 7) is 0.865. The summed E-state index contributed by atoms with van der Waals surface area (Å²) in [5.41, 5.74) is 2.53. The average Bonchev–Trinajstić information content (AvgIpc) is 3.26. The highest BCUT2D eigenvalue weighted by molar-refractivity contribution is 5.97. The van der Waals surface area contributed by atoms with Gasteiger partial charge in [-0.3, -0.25) is 13.9 Å². The first-order valence-electron chi connectivity index (χ1n) is 11.7. The Kier molecular flexibility index (Phi) is 5.01. The predicted octanol–water partition coefficient (Wildman–Crippen LogP) is 3.69. The number of fused-ring (bicyclic) bond motifs is 4. The molecule has 8 nitrogen and oxygen atoms in total. The number of rotatable bonds is 3. The third-order valence-corrected chi connectivity index (χ3v) is 7.13. The molecule has 8 heteroatoms. The van der Waals surface area contributed by atoms with Gasteiger partial charge in [0.25, 0.3) is 5.56 Å². The Morgan fingerprint density at radius 1 is 0.972 bits per heavy atom. The lowest BCUT2D eigenvalue weighted by molar-refractivity contribution is 0.0474. The molecule has 0 saturated carbocycles. The Morgan fingerprint density at radius 3 is 2.47 bits per heavy atom. The van der Waals surface area contributed by atoms with Crippen molar-refractivity contribution in [2.45, 2.75) is 12.6 Å². The average molecular weight is 484 g/mol. The molecule has 0 spiro atoms. The van der Waals surface area contributed by atoms with Gasteiger partial charge in [0.05, 0.1) is 36.0 Å². The number of hydrogen-bond donors (Lipinski definition) is 1. The van der Waals surface area contributed by atoms with Crippen molar-refractivity contribution in [3.8, 4) is 22.8 Å². The van der Waals surface area contributed by atoms with Crippen LogP contribution < -0.4 is 16.0 Å². The van der Waals surface area contributed by atoms with Gasteiger partial charge in [-0.1, -0.05) is 30.3 Å². The molecule has 6 rings (SSSR count). The van der Waals surface area contributed by atoms with E-state index in [2.05, 4.69) is 4.57 Å². The number of aromatic nitrogens is 3. The molecule has 182 valence electrons. The SMILES string of the molecule is COc1ccc(-c2c3c(=O)n(C)c(=O)n(C)c3c3n2CCOC3c2c(O)ccc3ccccc23)cc1. The molecule has 1 N–H and O–H groups in total. The van der Waals surface area contributed by atoms with Crippen LogP contribution in [-0.4, -0.2) is 32.5 Å². The summed E-state index contributed by atoms with van der Waals surface area (Å²) in [5, 5.41) is 13.3. The number of aryl methyl sites for hydroxylation is 1. The van der Waals surface area contributed by atoms with Gasteiger partial charge in [0.1, 0.15) is 17.6 Å². The number of nitrogens with zero attached hydrogens (tertiary/aromatic N) is 3. The van der Waals surface area contributed by atoms with E-state index in [9.17, 15) is 14.7 Å². The lowest BCUT2D eigenvalue weighted by Crippen LogP contribution is -2.37. The first kappa shape index (κ1) is 22.2. The zero-order chi connectivity index (χ0) is 25.1. The van der Waals surface area contributed by atoms with Crippen molar-refractivity contribution in [3.05, 3.63) is 92.8 Å². The summed E-state index contributed by atoms with van der Waals surface area (Å²) in [4.78, 5) is 26.6. The quantitative estimate of drug-likeness (QED) is 0.423. The fourth-order valence-electron chi connectivity index (χ4n) is 5.41. The number of methoxy groups -OCH3 is 1. The monoisotopic (exact) mass is 483 g/mol. The van der Waals surface area contributed by atoms with Crippen molar-refractivity contribution in [1.29, 1.82) is 0 Å². The second-order valence-corrected chi connectivity index (χ2v) is 9.01. The lowest BCUT2D eigenvalue weighted by atomic mass is 9.96. The largest absolute Gasteiger partial charge is 0.508 e. The van der Waals surface area contributed by atoms with Crippen LogP contribution in [0.15, 0.2) is 70.3 Å². The Balaban J connectivity index is 1.76. The van der Waals surface area contributed by atoms with Crippen molar-refractivity contribution in [2.24, 2.45) is 14.1 Å². The minimum absolute atomic E-state index is 0.0985. The number of aromatic hydroxyl groups is 1. The van der Waals surface area contributed by atoms with Crippen LogP contribution in [0.1, 0.15) is 17.4 Å². The van der Waals surface area contributed by atoms with Gasteiger partial charge in [-0.15, -0.1) is 0 Å². The van der Waals surface area contributed by atoms with Gasteiger partial charge < -0.3 is 19.1 Å². The van der Waals surface area contributed by atoms with Crippen LogP contribution in [0, 0.1) is 0 Å². The topological polar surface area (TPSA) is 87.6 Å². The van der Waals surface area contributed by atoms with E-state index < -0.39 is 11.8 Å². The fraction of sp³-hybridized carbons (Fsp3) is 0.214. The molecule has 36 heavy (non-hydrogen) atoms. The number of phenolic OH excluding ortho intramolecular Hbond substituents is 1. The lowest BCUT2D eigenvalue weighted by Gasteiger charge is -2.29. The summed E-state index contributed by atoms with van der Waals surface area (Å²) in [7, 11) is 4.76. The molecule has 0 radical (unpaired) electrons. The summed E-state index contributed by atoms with van der Waals surface area (Å²) >= 11 is 0. The van der Waals surface area contributed by atoms with E-state index >= 15 is 0 Å². The molecule has 0 saturated heterocycles. The van der Waals surface area contributed by atoms with Crippen LogP contribution in [0.4, 0.5) is 0 Å². The van der Waals surface area contributed by atoms with Crippen molar-refractivity contribution < 1.29 is 14.6 Å². The molecule has 1 aliphatic rings. The van der Waals surface area contributed by atoms with Crippen molar-refractivity contribution >= 4 is 21.7 Å². The number of benzene rings is 3. The number of phenols is 1. The maximum Gasteiger partial charge on any atom is 0.331 e. The van der Waals surface area contributed by atoms with Crippen LogP contribution in [0.3, 0.4) is 0 Å². The van der Waals surface area contributed by atoms with Crippen molar-refractivity contribution in [2.75, 3.05) is 13.7 Å². The molecule has 1 atom stereocenters. The Bertz CT molecular complexity index is 1780. The zero-order valence-corrected chi connectivity index (χ0v) is 20.2. The summed E-state index contributed by atoms with van der Waals surface area (Å²) in [6.07, 6.45) is -0.683. The summed E-state index contributed by atoms with van der Waals surface area (Å²) in [5.74, 6) is 0.803. The highest BCUT2D eigenvalue weighted by Crippen LogP contribution is 2.45. The highest BCUT2D eigenvalue weighted by Gasteiger charge is 2.35. The van der Waals surface area contributed by atoms with Crippen molar-refractivity contribution in [3.63, 3.8) is 0 Å². The van der Waals surface area contributed by atoms with Crippen LogP contribution in [0.25, 0.3) is 32.9 Å². The first-order valence-corrected chi connectivity index (χ1v) is 11.7. The van der Waals surface area contributed by atoms with E-state index in [1.54, 1.807) is 20.2 Å².